The zero-order valence-electron chi connectivity index (χ0n) is 16.1. The highest BCUT2D eigenvalue weighted by atomic mass is 32.2. The molecule has 1 aromatic carbocycles. The Morgan fingerprint density at radius 1 is 1.25 bits per heavy atom. The molecule has 2 aromatic rings. The number of ether oxygens (including phenoxy) is 1. The summed E-state index contributed by atoms with van der Waals surface area (Å²) in [6.45, 7) is 4.44. The summed E-state index contributed by atoms with van der Waals surface area (Å²) in [5.74, 6) is 0.185. The molecule has 0 spiro atoms. The second-order valence-corrected chi connectivity index (χ2v) is 8.89. The van der Waals surface area contributed by atoms with Crippen molar-refractivity contribution in [3.05, 3.63) is 41.5 Å². The number of nitrogens with zero attached hydrogens (tertiary/aromatic N) is 3. The maximum atomic E-state index is 12.7. The van der Waals surface area contributed by atoms with Crippen molar-refractivity contribution in [1.82, 2.24) is 14.4 Å². The van der Waals surface area contributed by atoms with Crippen LogP contribution < -0.4 is 0 Å². The van der Waals surface area contributed by atoms with E-state index in [4.69, 9.17) is 9.26 Å². The van der Waals surface area contributed by atoms with Crippen molar-refractivity contribution >= 4 is 16.0 Å². The monoisotopic (exact) mass is 407 g/mol. The molecule has 152 valence electrons. The van der Waals surface area contributed by atoms with Gasteiger partial charge in [-0.2, -0.15) is 9.29 Å². The van der Waals surface area contributed by atoms with Crippen molar-refractivity contribution in [2.75, 3.05) is 13.1 Å². The first-order valence-corrected chi connectivity index (χ1v) is 10.9. The summed E-state index contributed by atoms with van der Waals surface area (Å²) >= 11 is 0. The van der Waals surface area contributed by atoms with Crippen LogP contribution in [0.4, 0.5) is 0 Å². The van der Waals surface area contributed by atoms with E-state index in [0.717, 1.165) is 12.0 Å². The van der Waals surface area contributed by atoms with E-state index >= 15 is 0 Å². The second-order valence-electron chi connectivity index (χ2n) is 6.95. The molecule has 8 nitrogen and oxygen atoms in total. The van der Waals surface area contributed by atoms with Crippen LogP contribution in [0, 0.1) is 12.8 Å². The van der Waals surface area contributed by atoms with Gasteiger partial charge >= 0.3 is 5.97 Å². The number of sulfonamides is 1. The van der Waals surface area contributed by atoms with E-state index in [1.54, 1.807) is 24.3 Å². The number of hydrogen-bond acceptors (Lipinski definition) is 7. The molecule has 3 rings (SSSR count). The lowest BCUT2D eigenvalue weighted by Gasteiger charge is -2.30. The number of esters is 1. The molecule has 9 heteroatoms. The Labute approximate surface area is 164 Å². The van der Waals surface area contributed by atoms with E-state index in [-0.39, 0.29) is 42.4 Å². The molecule has 1 aliphatic heterocycles. The van der Waals surface area contributed by atoms with Crippen LogP contribution in [0.15, 0.2) is 33.7 Å². The molecule has 0 bridgehead atoms. The molecule has 2 heterocycles. The Morgan fingerprint density at radius 2 is 1.93 bits per heavy atom. The molecule has 0 N–H and O–H groups in total. The van der Waals surface area contributed by atoms with Crippen LogP contribution in [0.2, 0.25) is 0 Å². The summed E-state index contributed by atoms with van der Waals surface area (Å²) in [7, 11) is -3.54. The summed E-state index contributed by atoms with van der Waals surface area (Å²) in [5, 5.41) is 3.82. The molecule has 0 amide bonds. The number of hydrogen-bond donors (Lipinski definition) is 0. The smallest absolute Gasteiger partial charge is 0.309 e. The van der Waals surface area contributed by atoms with Gasteiger partial charge in [-0.25, -0.2) is 8.42 Å². The lowest BCUT2D eigenvalue weighted by atomic mass is 9.98. The largest absolute Gasteiger partial charge is 0.455 e. The molecule has 0 unspecified atom stereocenters. The van der Waals surface area contributed by atoms with E-state index in [2.05, 4.69) is 10.1 Å². The second kappa shape index (κ2) is 8.83. The number of rotatable bonds is 7. The highest BCUT2D eigenvalue weighted by Crippen LogP contribution is 2.25. The summed E-state index contributed by atoms with van der Waals surface area (Å²) in [6, 6.07) is 6.78. The molecule has 28 heavy (non-hydrogen) atoms. The molecule has 0 saturated carbocycles. The SMILES string of the molecule is CCCc1noc(COC(=O)C2CCN(S(=O)(=O)c3ccc(C)cc3)CC2)n1. The molecule has 0 radical (unpaired) electrons. The van der Waals surface area contributed by atoms with Crippen molar-refractivity contribution in [3.8, 4) is 0 Å². The average Bonchev–Trinajstić information content (AvgIpc) is 3.14. The maximum absolute atomic E-state index is 12.7. The average molecular weight is 407 g/mol. The van der Waals surface area contributed by atoms with Crippen LogP contribution in [0.5, 0.6) is 0 Å². The van der Waals surface area contributed by atoms with Crippen LogP contribution in [0.25, 0.3) is 0 Å². The quantitative estimate of drug-likeness (QED) is 0.650. The van der Waals surface area contributed by atoms with E-state index < -0.39 is 10.0 Å². The Bertz CT molecular complexity index is 900. The topological polar surface area (TPSA) is 103 Å². The van der Waals surface area contributed by atoms with Crippen molar-refractivity contribution in [2.24, 2.45) is 5.92 Å². The Kier molecular flexibility index (Phi) is 6.46. The Morgan fingerprint density at radius 3 is 2.57 bits per heavy atom. The molecule has 0 atom stereocenters. The van der Waals surface area contributed by atoms with Crippen LogP contribution in [-0.2, 0) is 32.6 Å². The number of aryl methyl sites for hydroxylation is 2. The zero-order valence-corrected chi connectivity index (χ0v) is 16.9. The minimum atomic E-state index is -3.54. The predicted molar refractivity (Wildman–Crippen MR) is 101 cm³/mol. The number of piperidine rings is 1. The van der Waals surface area contributed by atoms with E-state index in [9.17, 15) is 13.2 Å². The van der Waals surface area contributed by atoms with Gasteiger partial charge in [0.05, 0.1) is 10.8 Å². The number of benzene rings is 1. The van der Waals surface area contributed by atoms with Gasteiger partial charge in [-0.15, -0.1) is 0 Å². The molecule has 1 fully saturated rings. The molecule has 1 aliphatic rings. The number of carbonyl (C=O) groups excluding carboxylic acids is 1. The summed E-state index contributed by atoms with van der Waals surface area (Å²) in [4.78, 5) is 16.7. The van der Waals surface area contributed by atoms with Crippen LogP contribution in [0.1, 0.15) is 43.5 Å². The Hall–Kier alpha value is -2.26. The highest BCUT2D eigenvalue weighted by molar-refractivity contribution is 7.89. The first-order valence-electron chi connectivity index (χ1n) is 9.45. The van der Waals surface area contributed by atoms with Gasteiger partial charge in [0.1, 0.15) is 0 Å². The highest BCUT2D eigenvalue weighted by Gasteiger charge is 2.32. The van der Waals surface area contributed by atoms with Gasteiger partial charge in [0.15, 0.2) is 12.4 Å². The van der Waals surface area contributed by atoms with Crippen LogP contribution >= 0.6 is 0 Å². The first kappa shape index (κ1) is 20.5. The fourth-order valence-electron chi connectivity index (χ4n) is 3.12. The van der Waals surface area contributed by atoms with Crippen LogP contribution in [0.3, 0.4) is 0 Å². The van der Waals surface area contributed by atoms with E-state index in [1.165, 1.54) is 4.31 Å². The van der Waals surface area contributed by atoms with Gasteiger partial charge in [0.2, 0.25) is 10.0 Å². The minimum Gasteiger partial charge on any atom is -0.455 e. The summed E-state index contributed by atoms with van der Waals surface area (Å²) in [6.07, 6.45) is 2.47. The van der Waals surface area contributed by atoms with E-state index in [1.807, 2.05) is 13.8 Å². The minimum absolute atomic E-state index is 0.0581. The number of carbonyl (C=O) groups is 1. The van der Waals surface area contributed by atoms with Gasteiger partial charge in [-0.05, 0) is 38.3 Å². The zero-order chi connectivity index (χ0) is 20.1. The molecular formula is C19H25N3O5S. The normalized spacial score (nSPS) is 16.2. The number of aromatic nitrogens is 2. The van der Waals surface area contributed by atoms with Gasteiger partial charge in [-0.1, -0.05) is 29.8 Å². The van der Waals surface area contributed by atoms with Crippen molar-refractivity contribution in [1.29, 1.82) is 0 Å². The lowest BCUT2D eigenvalue weighted by molar-refractivity contribution is -0.152. The first-order chi connectivity index (χ1) is 13.4. The van der Waals surface area contributed by atoms with Gasteiger partial charge in [0.25, 0.3) is 5.89 Å². The fourth-order valence-corrected chi connectivity index (χ4v) is 4.59. The molecular weight excluding hydrogens is 382 g/mol. The molecule has 1 aromatic heterocycles. The predicted octanol–water partition coefficient (Wildman–Crippen LogP) is 2.47. The lowest BCUT2D eigenvalue weighted by Crippen LogP contribution is -2.40. The van der Waals surface area contributed by atoms with Crippen LogP contribution in [-0.4, -0.2) is 41.9 Å². The molecule has 1 saturated heterocycles. The summed E-state index contributed by atoms with van der Waals surface area (Å²) in [5.41, 5.74) is 1.00. The van der Waals surface area contributed by atoms with Gasteiger partial charge in [-0.3, -0.25) is 4.79 Å². The maximum Gasteiger partial charge on any atom is 0.309 e. The van der Waals surface area contributed by atoms with E-state index in [0.29, 0.717) is 25.1 Å². The third-order valence-corrected chi connectivity index (χ3v) is 6.68. The van der Waals surface area contributed by atoms with Crippen molar-refractivity contribution in [3.63, 3.8) is 0 Å². The van der Waals surface area contributed by atoms with Crippen molar-refractivity contribution in [2.45, 2.75) is 51.0 Å². The fraction of sp³-hybridized carbons (Fsp3) is 0.526. The van der Waals surface area contributed by atoms with Gasteiger partial charge < -0.3 is 9.26 Å². The third kappa shape index (κ3) is 4.77. The standard InChI is InChI=1S/C19H25N3O5S/c1-3-4-17-20-18(27-21-17)13-26-19(23)15-9-11-22(12-10-15)28(24,25)16-7-5-14(2)6-8-16/h5-8,15H,3-4,9-13H2,1-2H3. The van der Waals surface area contributed by atoms with Gasteiger partial charge in [0, 0.05) is 19.5 Å². The van der Waals surface area contributed by atoms with Crippen molar-refractivity contribution < 1.29 is 22.5 Å². The molecule has 0 aliphatic carbocycles. The Balaban J connectivity index is 1.51. The third-order valence-electron chi connectivity index (χ3n) is 4.77. The summed E-state index contributed by atoms with van der Waals surface area (Å²) < 4.78 is 37.2.